The molecule has 2 aromatic heterocycles. The van der Waals surface area contributed by atoms with Crippen LogP contribution in [0.25, 0.3) is 5.65 Å². The summed E-state index contributed by atoms with van der Waals surface area (Å²) in [6, 6.07) is 8.21. The van der Waals surface area contributed by atoms with E-state index in [0.29, 0.717) is 10.7 Å². The van der Waals surface area contributed by atoms with E-state index in [1.165, 1.54) is 16.8 Å². The molecule has 2 N–H and O–H groups in total. The SMILES string of the molecule is O=C(NC1CCCc2cc(O)ccc21)c1cnc2ccc(Cl)cn2c1=O. The number of hydrogen-bond acceptors (Lipinski definition) is 4. The zero-order valence-electron chi connectivity index (χ0n) is 13.8. The fourth-order valence-corrected chi connectivity index (χ4v) is 3.55. The van der Waals surface area contributed by atoms with Gasteiger partial charge in [0.05, 0.1) is 11.1 Å². The van der Waals surface area contributed by atoms with Crippen molar-refractivity contribution < 1.29 is 9.90 Å². The number of carbonyl (C=O) groups is 1. The van der Waals surface area contributed by atoms with Crippen molar-refractivity contribution in [1.82, 2.24) is 14.7 Å². The number of phenolic OH excluding ortho intramolecular Hbond substituents is 1. The van der Waals surface area contributed by atoms with Crippen molar-refractivity contribution in [3.05, 3.63) is 74.8 Å². The summed E-state index contributed by atoms with van der Waals surface area (Å²) in [4.78, 5) is 29.5. The monoisotopic (exact) mass is 369 g/mol. The minimum atomic E-state index is -0.470. The van der Waals surface area contributed by atoms with Crippen LogP contribution in [0.5, 0.6) is 5.75 Å². The lowest BCUT2D eigenvalue weighted by Gasteiger charge is -2.26. The molecule has 1 amide bonds. The third-order valence-electron chi connectivity index (χ3n) is 4.66. The number of benzene rings is 1. The second-order valence-corrected chi connectivity index (χ2v) is 6.79. The molecule has 1 atom stereocenters. The summed E-state index contributed by atoms with van der Waals surface area (Å²) in [5.74, 6) is -0.257. The van der Waals surface area contributed by atoms with Gasteiger partial charge < -0.3 is 10.4 Å². The molecule has 1 aliphatic carbocycles. The number of rotatable bonds is 2. The first-order chi connectivity index (χ1) is 12.5. The Labute approximate surface area is 154 Å². The number of fused-ring (bicyclic) bond motifs is 2. The van der Waals surface area contributed by atoms with E-state index in [9.17, 15) is 14.7 Å². The zero-order chi connectivity index (χ0) is 18.3. The predicted octanol–water partition coefficient (Wildman–Crippen LogP) is 2.86. The number of phenols is 1. The van der Waals surface area contributed by atoms with Crippen molar-refractivity contribution in [2.45, 2.75) is 25.3 Å². The molecule has 0 bridgehead atoms. The molecular weight excluding hydrogens is 354 g/mol. The molecule has 2 heterocycles. The summed E-state index contributed by atoms with van der Waals surface area (Å²) in [6.07, 6.45) is 5.27. The van der Waals surface area contributed by atoms with E-state index in [1.54, 1.807) is 24.3 Å². The highest BCUT2D eigenvalue weighted by Crippen LogP contribution is 2.32. The molecule has 7 heteroatoms. The first kappa shape index (κ1) is 16.6. The summed E-state index contributed by atoms with van der Waals surface area (Å²) in [5, 5.41) is 13.0. The molecule has 6 nitrogen and oxygen atoms in total. The number of amides is 1. The van der Waals surface area contributed by atoms with Gasteiger partial charge in [0, 0.05) is 12.4 Å². The van der Waals surface area contributed by atoms with Gasteiger partial charge in [0.2, 0.25) is 0 Å². The van der Waals surface area contributed by atoms with Crippen LogP contribution in [0.2, 0.25) is 5.02 Å². The van der Waals surface area contributed by atoms with Gasteiger partial charge in [-0.1, -0.05) is 17.7 Å². The van der Waals surface area contributed by atoms with Gasteiger partial charge in [-0.3, -0.25) is 14.0 Å². The molecule has 1 aliphatic rings. The van der Waals surface area contributed by atoms with Crippen LogP contribution in [-0.4, -0.2) is 20.4 Å². The molecule has 3 aromatic rings. The van der Waals surface area contributed by atoms with Gasteiger partial charge in [-0.15, -0.1) is 0 Å². The molecule has 0 saturated heterocycles. The van der Waals surface area contributed by atoms with Crippen molar-refractivity contribution in [2.24, 2.45) is 0 Å². The van der Waals surface area contributed by atoms with E-state index in [-0.39, 0.29) is 17.4 Å². The van der Waals surface area contributed by atoms with Crippen LogP contribution in [-0.2, 0) is 6.42 Å². The number of hydrogen-bond donors (Lipinski definition) is 2. The van der Waals surface area contributed by atoms with Crippen LogP contribution in [0.3, 0.4) is 0 Å². The fraction of sp³-hybridized carbons (Fsp3) is 0.211. The number of aryl methyl sites for hydroxylation is 1. The first-order valence-electron chi connectivity index (χ1n) is 8.32. The van der Waals surface area contributed by atoms with Crippen LogP contribution in [0.1, 0.15) is 40.4 Å². The summed E-state index contributed by atoms with van der Waals surface area (Å²) < 4.78 is 1.27. The Hall–Kier alpha value is -2.86. The molecule has 4 rings (SSSR count). The number of nitrogens with one attached hydrogen (secondary N) is 1. The summed E-state index contributed by atoms with van der Waals surface area (Å²) >= 11 is 5.94. The quantitative estimate of drug-likeness (QED) is 0.727. The average molecular weight is 370 g/mol. The van der Waals surface area contributed by atoms with E-state index < -0.39 is 11.5 Å². The molecular formula is C19H16ClN3O3. The normalized spacial score (nSPS) is 16.3. The smallest absolute Gasteiger partial charge is 0.270 e. The second-order valence-electron chi connectivity index (χ2n) is 6.35. The Morgan fingerprint density at radius 3 is 3.00 bits per heavy atom. The summed E-state index contributed by atoms with van der Waals surface area (Å²) in [6.45, 7) is 0. The third-order valence-corrected chi connectivity index (χ3v) is 4.88. The number of nitrogens with zero attached hydrogens (tertiary/aromatic N) is 2. The van der Waals surface area contributed by atoms with E-state index in [4.69, 9.17) is 11.6 Å². The number of halogens is 1. The number of pyridine rings is 1. The molecule has 26 heavy (non-hydrogen) atoms. The van der Waals surface area contributed by atoms with Gasteiger partial charge in [-0.05, 0) is 54.7 Å². The van der Waals surface area contributed by atoms with Crippen LogP contribution in [0, 0.1) is 0 Å². The van der Waals surface area contributed by atoms with Gasteiger partial charge in [0.1, 0.15) is 17.0 Å². The molecule has 1 unspecified atom stereocenters. The standard InChI is InChI=1S/C19H16ClN3O3/c20-12-4-7-17-21-9-15(19(26)23(17)10-12)18(25)22-16-3-1-2-11-8-13(24)5-6-14(11)16/h4-10,16,24H,1-3H2,(H,22,25). The van der Waals surface area contributed by atoms with Crippen molar-refractivity contribution in [3.8, 4) is 5.75 Å². The van der Waals surface area contributed by atoms with E-state index in [2.05, 4.69) is 10.3 Å². The van der Waals surface area contributed by atoms with Crippen molar-refractivity contribution >= 4 is 23.2 Å². The topological polar surface area (TPSA) is 83.7 Å². The van der Waals surface area contributed by atoms with Gasteiger partial charge >= 0.3 is 0 Å². The largest absolute Gasteiger partial charge is 0.508 e. The molecule has 0 spiro atoms. The van der Waals surface area contributed by atoms with Gasteiger partial charge in [0.25, 0.3) is 11.5 Å². The Bertz CT molecular complexity index is 1080. The third kappa shape index (κ3) is 2.93. The highest BCUT2D eigenvalue weighted by atomic mass is 35.5. The molecule has 0 radical (unpaired) electrons. The van der Waals surface area contributed by atoms with E-state index >= 15 is 0 Å². The lowest BCUT2D eigenvalue weighted by molar-refractivity contribution is 0.0930. The average Bonchev–Trinajstić information content (AvgIpc) is 2.62. The van der Waals surface area contributed by atoms with Crippen molar-refractivity contribution in [3.63, 3.8) is 0 Å². The number of carbonyl (C=O) groups excluding carboxylic acids is 1. The molecule has 0 aliphatic heterocycles. The fourth-order valence-electron chi connectivity index (χ4n) is 3.39. The first-order valence-corrected chi connectivity index (χ1v) is 8.70. The minimum Gasteiger partial charge on any atom is -0.508 e. The maximum absolute atomic E-state index is 12.7. The Kier molecular flexibility index (Phi) is 4.12. The Morgan fingerprint density at radius 2 is 2.15 bits per heavy atom. The van der Waals surface area contributed by atoms with Crippen LogP contribution >= 0.6 is 11.6 Å². The van der Waals surface area contributed by atoms with Crippen LogP contribution in [0.15, 0.2) is 47.5 Å². The maximum atomic E-state index is 12.7. The second kappa shape index (κ2) is 6.46. The lowest BCUT2D eigenvalue weighted by Crippen LogP contribution is -2.35. The molecule has 1 aromatic carbocycles. The molecule has 132 valence electrons. The van der Waals surface area contributed by atoms with Crippen LogP contribution < -0.4 is 10.9 Å². The van der Waals surface area contributed by atoms with Gasteiger partial charge in [-0.2, -0.15) is 0 Å². The van der Waals surface area contributed by atoms with Crippen LogP contribution in [0.4, 0.5) is 0 Å². The zero-order valence-corrected chi connectivity index (χ0v) is 14.5. The number of aromatic hydroxyl groups is 1. The molecule has 0 saturated carbocycles. The van der Waals surface area contributed by atoms with Crippen molar-refractivity contribution in [1.29, 1.82) is 0 Å². The molecule has 0 fully saturated rings. The highest BCUT2D eigenvalue weighted by Gasteiger charge is 2.24. The Balaban J connectivity index is 1.67. The van der Waals surface area contributed by atoms with E-state index in [0.717, 1.165) is 30.4 Å². The maximum Gasteiger partial charge on any atom is 0.270 e. The Morgan fingerprint density at radius 1 is 1.31 bits per heavy atom. The van der Waals surface area contributed by atoms with Gasteiger partial charge in [0.15, 0.2) is 0 Å². The van der Waals surface area contributed by atoms with E-state index in [1.807, 2.05) is 6.07 Å². The summed E-state index contributed by atoms with van der Waals surface area (Å²) in [5.41, 5.74) is 1.92. The predicted molar refractivity (Wildman–Crippen MR) is 97.7 cm³/mol. The van der Waals surface area contributed by atoms with Gasteiger partial charge in [-0.25, -0.2) is 4.98 Å². The number of aromatic nitrogens is 2. The highest BCUT2D eigenvalue weighted by molar-refractivity contribution is 6.30. The van der Waals surface area contributed by atoms with Crippen molar-refractivity contribution in [2.75, 3.05) is 0 Å². The summed E-state index contributed by atoms with van der Waals surface area (Å²) in [7, 11) is 0. The lowest BCUT2D eigenvalue weighted by atomic mass is 9.87. The minimum absolute atomic E-state index is 0.0318.